The van der Waals surface area contributed by atoms with Crippen LogP contribution in [0.5, 0.6) is 0 Å². The van der Waals surface area contributed by atoms with Crippen molar-refractivity contribution < 1.29 is 9.18 Å². The summed E-state index contributed by atoms with van der Waals surface area (Å²) in [6.45, 7) is 7.94. The molecule has 0 spiro atoms. The van der Waals surface area contributed by atoms with Gasteiger partial charge in [0.05, 0.1) is 17.8 Å². The number of aromatic nitrogens is 2. The lowest BCUT2D eigenvalue weighted by Crippen LogP contribution is -2.29. The van der Waals surface area contributed by atoms with Gasteiger partial charge in [-0.2, -0.15) is 0 Å². The maximum absolute atomic E-state index is 13.7. The van der Waals surface area contributed by atoms with Crippen molar-refractivity contribution >= 4 is 34.6 Å². The molecule has 38 heavy (non-hydrogen) atoms. The summed E-state index contributed by atoms with van der Waals surface area (Å²) in [6, 6.07) is 20.2. The van der Waals surface area contributed by atoms with Crippen molar-refractivity contribution in [3.8, 4) is 5.69 Å². The summed E-state index contributed by atoms with van der Waals surface area (Å²) >= 11 is 5.90. The maximum Gasteiger partial charge on any atom is 0.224 e. The largest absolute Gasteiger partial charge is 0.351 e. The number of anilines is 2. The molecule has 0 bridgehead atoms. The molecule has 5 rings (SSSR count). The first-order chi connectivity index (χ1) is 18.3. The molecule has 3 heterocycles. The number of carbonyl (C=O) groups excluding carboxylic acids is 1. The second-order valence-electron chi connectivity index (χ2n) is 9.54. The van der Waals surface area contributed by atoms with Gasteiger partial charge in [0.15, 0.2) is 5.11 Å². The van der Waals surface area contributed by atoms with Crippen LogP contribution in [0.4, 0.5) is 15.8 Å². The number of halogens is 1. The Hall–Kier alpha value is -4.04. The summed E-state index contributed by atoms with van der Waals surface area (Å²) in [5, 5.41) is 7.07. The number of hydrogen-bond acceptors (Lipinski definition) is 3. The molecule has 1 amide bonds. The average Bonchev–Trinajstić information content (AvgIpc) is 3.41. The van der Waals surface area contributed by atoms with E-state index in [1.54, 1.807) is 18.3 Å². The fraction of sp³-hybridized carbons (Fsp3) is 0.233. The van der Waals surface area contributed by atoms with Crippen LogP contribution in [0.2, 0.25) is 0 Å². The SMILES string of the molecule is CCC(=O)Nc1ccc(N2C(=S)N[C@@H](c3ccccn3)[C@@H]2c2cc(C)n(-c3ccc(F)cc3)c2C)cc1C. The van der Waals surface area contributed by atoms with E-state index >= 15 is 0 Å². The van der Waals surface area contributed by atoms with E-state index in [-0.39, 0.29) is 23.8 Å². The van der Waals surface area contributed by atoms with E-state index in [0.29, 0.717) is 11.5 Å². The van der Waals surface area contributed by atoms with Crippen molar-refractivity contribution in [2.75, 3.05) is 10.2 Å². The van der Waals surface area contributed by atoms with Gasteiger partial charge in [0.2, 0.25) is 5.91 Å². The number of carbonyl (C=O) groups is 1. The van der Waals surface area contributed by atoms with Crippen molar-refractivity contribution in [2.24, 2.45) is 0 Å². The van der Waals surface area contributed by atoms with Crippen LogP contribution in [0.3, 0.4) is 0 Å². The summed E-state index contributed by atoms with van der Waals surface area (Å²) < 4.78 is 15.8. The first-order valence-corrected chi connectivity index (χ1v) is 13.0. The van der Waals surface area contributed by atoms with Crippen molar-refractivity contribution in [1.82, 2.24) is 14.9 Å². The van der Waals surface area contributed by atoms with Gasteiger partial charge in [-0.15, -0.1) is 0 Å². The van der Waals surface area contributed by atoms with E-state index in [0.717, 1.165) is 45.3 Å². The van der Waals surface area contributed by atoms with Crippen molar-refractivity contribution in [2.45, 2.75) is 46.2 Å². The minimum absolute atomic E-state index is 0.0273. The highest BCUT2D eigenvalue weighted by Gasteiger charge is 2.42. The van der Waals surface area contributed by atoms with Crippen LogP contribution in [0.1, 0.15) is 53.6 Å². The standard InChI is InChI=1S/C30H30FN5OS/c1-5-27(37)33-25-14-13-23(16-18(25)2)36-29(28(34-30(36)38)26-8-6-7-15-32-26)24-17-19(3)35(20(24)4)22-11-9-21(31)10-12-22/h6-17,28-29H,5H2,1-4H3,(H,33,37)(H,34,38)/t28-,29-/m0/s1. The van der Waals surface area contributed by atoms with Crippen LogP contribution in [0, 0.1) is 26.6 Å². The van der Waals surface area contributed by atoms with E-state index in [1.807, 2.05) is 50.2 Å². The van der Waals surface area contributed by atoms with E-state index in [4.69, 9.17) is 12.2 Å². The molecular weight excluding hydrogens is 497 g/mol. The Bertz CT molecular complexity index is 1500. The number of pyridine rings is 1. The van der Waals surface area contributed by atoms with Crippen LogP contribution in [-0.2, 0) is 4.79 Å². The van der Waals surface area contributed by atoms with Gasteiger partial charge in [0.1, 0.15) is 5.82 Å². The first-order valence-electron chi connectivity index (χ1n) is 12.6. The van der Waals surface area contributed by atoms with Gasteiger partial charge in [-0.1, -0.05) is 13.0 Å². The molecule has 0 radical (unpaired) electrons. The number of benzene rings is 2. The molecule has 1 fully saturated rings. The van der Waals surface area contributed by atoms with Crippen LogP contribution in [-0.4, -0.2) is 20.6 Å². The number of nitrogens with one attached hydrogen (secondary N) is 2. The first kappa shape index (κ1) is 25.6. The predicted molar refractivity (Wildman–Crippen MR) is 153 cm³/mol. The third kappa shape index (κ3) is 4.67. The quantitative estimate of drug-likeness (QED) is 0.282. The molecule has 1 aliphatic rings. The van der Waals surface area contributed by atoms with Crippen LogP contribution >= 0.6 is 12.2 Å². The normalized spacial score (nSPS) is 17.0. The lowest BCUT2D eigenvalue weighted by atomic mass is 9.96. The lowest BCUT2D eigenvalue weighted by Gasteiger charge is -2.29. The Morgan fingerprint density at radius 2 is 1.79 bits per heavy atom. The van der Waals surface area contributed by atoms with Crippen molar-refractivity contribution in [1.29, 1.82) is 0 Å². The number of thiocarbonyl (C=S) groups is 1. The zero-order chi connectivity index (χ0) is 27.0. The number of rotatable bonds is 6. The highest BCUT2D eigenvalue weighted by Crippen LogP contribution is 2.44. The fourth-order valence-corrected chi connectivity index (χ4v) is 5.55. The smallest absolute Gasteiger partial charge is 0.224 e. The third-order valence-corrected chi connectivity index (χ3v) is 7.37. The van der Waals surface area contributed by atoms with Gasteiger partial charge in [0.25, 0.3) is 0 Å². The molecular formula is C30H30FN5OS. The minimum atomic E-state index is -0.267. The minimum Gasteiger partial charge on any atom is -0.351 e. The second kappa shape index (κ2) is 10.4. The Kier molecular flexibility index (Phi) is 6.99. The van der Waals surface area contributed by atoms with Crippen molar-refractivity contribution in [3.05, 3.63) is 107 Å². The number of aryl methyl sites for hydroxylation is 2. The Labute approximate surface area is 227 Å². The molecule has 4 aromatic rings. The summed E-state index contributed by atoms with van der Waals surface area (Å²) in [6.07, 6.45) is 2.20. The molecule has 1 aliphatic heterocycles. The van der Waals surface area contributed by atoms with E-state index in [2.05, 4.69) is 45.0 Å². The van der Waals surface area contributed by atoms with Gasteiger partial charge in [0, 0.05) is 41.1 Å². The molecule has 0 saturated carbocycles. The average molecular weight is 528 g/mol. The molecule has 2 aromatic heterocycles. The zero-order valence-corrected chi connectivity index (χ0v) is 22.6. The Morgan fingerprint density at radius 3 is 2.45 bits per heavy atom. The number of nitrogens with zero attached hydrogens (tertiary/aromatic N) is 3. The van der Waals surface area contributed by atoms with Gasteiger partial charge in [-0.3, -0.25) is 9.78 Å². The van der Waals surface area contributed by atoms with Crippen LogP contribution in [0.15, 0.2) is 72.9 Å². The zero-order valence-electron chi connectivity index (χ0n) is 21.8. The lowest BCUT2D eigenvalue weighted by molar-refractivity contribution is -0.115. The molecule has 0 aliphatic carbocycles. The van der Waals surface area contributed by atoms with Crippen LogP contribution in [0.25, 0.3) is 5.69 Å². The summed E-state index contributed by atoms with van der Waals surface area (Å²) in [7, 11) is 0. The molecule has 2 atom stereocenters. The highest BCUT2D eigenvalue weighted by atomic mass is 32.1. The number of hydrogen-bond donors (Lipinski definition) is 2. The van der Waals surface area contributed by atoms with E-state index in [9.17, 15) is 9.18 Å². The van der Waals surface area contributed by atoms with Crippen molar-refractivity contribution in [3.63, 3.8) is 0 Å². The summed E-state index contributed by atoms with van der Waals surface area (Å²) in [5.74, 6) is -0.294. The summed E-state index contributed by atoms with van der Waals surface area (Å²) in [4.78, 5) is 18.8. The Balaban J connectivity index is 1.63. The van der Waals surface area contributed by atoms with E-state index < -0.39 is 0 Å². The highest BCUT2D eigenvalue weighted by molar-refractivity contribution is 7.80. The summed E-state index contributed by atoms with van der Waals surface area (Å²) in [5.41, 5.74) is 7.61. The molecule has 194 valence electrons. The molecule has 8 heteroatoms. The van der Waals surface area contributed by atoms with Gasteiger partial charge in [-0.25, -0.2) is 4.39 Å². The monoisotopic (exact) mass is 527 g/mol. The molecule has 6 nitrogen and oxygen atoms in total. The van der Waals surface area contributed by atoms with Gasteiger partial charge < -0.3 is 20.1 Å². The molecule has 2 aromatic carbocycles. The molecule has 2 N–H and O–H groups in total. The van der Waals surface area contributed by atoms with Gasteiger partial charge >= 0.3 is 0 Å². The third-order valence-electron chi connectivity index (χ3n) is 7.06. The van der Waals surface area contributed by atoms with E-state index in [1.165, 1.54) is 12.1 Å². The Morgan fingerprint density at radius 1 is 1.05 bits per heavy atom. The fourth-order valence-electron chi connectivity index (χ4n) is 5.20. The number of amides is 1. The van der Waals surface area contributed by atoms with Gasteiger partial charge in [-0.05, 0) is 105 Å². The molecule has 0 unspecified atom stereocenters. The predicted octanol–water partition coefficient (Wildman–Crippen LogP) is 6.46. The topological polar surface area (TPSA) is 62.2 Å². The molecule has 1 saturated heterocycles. The second-order valence-corrected chi connectivity index (χ2v) is 9.92. The van der Waals surface area contributed by atoms with Crippen LogP contribution < -0.4 is 15.5 Å². The maximum atomic E-state index is 13.7.